The molecule has 118 valence electrons. The number of ether oxygens (including phenoxy) is 2. The smallest absolute Gasteiger partial charge is 0.323 e. The molecule has 21 heavy (non-hydrogen) atoms. The lowest BCUT2D eigenvalue weighted by atomic mass is 9.82. The molecule has 4 heteroatoms. The highest BCUT2D eigenvalue weighted by atomic mass is 16.5. The maximum Gasteiger partial charge on any atom is 0.323 e. The average molecular weight is 293 g/mol. The molecular formula is C17H27NO3. The highest BCUT2D eigenvalue weighted by molar-refractivity contribution is 5.75. The van der Waals surface area contributed by atoms with Gasteiger partial charge in [-0.3, -0.25) is 4.79 Å². The van der Waals surface area contributed by atoms with Crippen LogP contribution in [0.15, 0.2) is 24.3 Å². The van der Waals surface area contributed by atoms with Crippen molar-refractivity contribution in [2.75, 3.05) is 13.2 Å². The van der Waals surface area contributed by atoms with Crippen LogP contribution in [-0.2, 0) is 14.9 Å². The highest BCUT2D eigenvalue weighted by Crippen LogP contribution is 2.28. The summed E-state index contributed by atoms with van der Waals surface area (Å²) in [7, 11) is 0. The molecule has 0 saturated carbocycles. The second-order valence-corrected chi connectivity index (χ2v) is 5.76. The Kier molecular flexibility index (Phi) is 6.69. The SMILES string of the molecule is CCOC(=O)C(N)CCOc1ccc(C(C)(C)CC)cc1. The minimum absolute atomic E-state index is 0.171. The van der Waals surface area contributed by atoms with Gasteiger partial charge in [0.1, 0.15) is 11.8 Å². The van der Waals surface area contributed by atoms with Gasteiger partial charge in [0.15, 0.2) is 0 Å². The van der Waals surface area contributed by atoms with Crippen molar-refractivity contribution in [3.8, 4) is 5.75 Å². The van der Waals surface area contributed by atoms with Crippen molar-refractivity contribution in [3.63, 3.8) is 0 Å². The zero-order valence-corrected chi connectivity index (χ0v) is 13.5. The van der Waals surface area contributed by atoms with E-state index in [4.69, 9.17) is 15.2 Å². The molecule has 0 saturated heterocycles. The molecule has 0 radical (unpaired) electrons. The molecule has 1 aromatic carbocycles. The number of nitrogens with two attached hydrogens (primary N) is 1. The topological polar surface area (TPSA) is 61.5 Å². The molecule has 0 heterocycles. The normalized spacial score (nSPS) is 12.8. The van der Waals surface area contributed by atoms with E-state index in [0.717, 1.165) is 12.2 Å². The summed E-state index contributed by atoms with van der Waals surface area (Å²) in [5.41, 5.74) is 7.18. The Bertz CT molecular complexity index is 440. The molecule has 0 bridgehead atoms. The lowest BCUT2D eigenvalue weighted by Crippen LogP contribution is -2.33. The summed E-state index contributed by atoms with van der Waals surface area (Å²) in [6.07, 6.45) is 1.53. The molecular weight excluding hydrogens is 266 g/mol. The number of esters is 1. The lowest BCUT2D eigenvalue weighted by Gasteiger charge is -2.23. The van der Waals surface area contributed by atoms with E-state index in [0.29, 0.717) is 19.6 Å². The number of carbonyl (C=O) groups excluding carboxylic acids is 1. The maximum atomic E-state index is 11.4. The minimum atomic E-state index is -0.622. The Labute approximate surface area is 127 Å². The third kappa shape index (κ3) is 5.38. The zero-order chi connectivity index (χ0) is 15.9. The van der Waals surface area contributed by atoms with E-state index in [1.54, 1.807) is 6.92 Å². The molecule has 4 nitrogen and oxygen atoms in total. The van der Waals surface area contributed by atoms with Gasteiger partial charge in [0, 0.05) is 6.42 Å². The van der Waals surface area contributed by atoms with Crippen LogP contribution in [0.25, 0.3) is 0 Å². The van der Waals surface area contributed by atoms with Crippen LogP contribution in [0.5, 0.6) is 5.75 Å². The molecule has 0 fully saturated rings. The molecule has 1 atom stereocenters. The summed E-state index contributed by atoms with van der Waals surface area (Å²) in [6, 6.07) is 7.47. The van der Waals surface area contributed by atoms with Crippen LogP contribution in [0.4, 0.5) is 0 Å². The largest absolute Gasteiger partial charge is 0.494 e. The van der Waals surface area contributed by atoms with Gasteiger partial charge in [0.05, 0.1) is 13.2 Å². The summed E-state index contributed by atoms with van der Waals surface area (Å²) in [4.78, 5) is 11.4. The summed E-state index contributed by atoms with van der Waals surface area (Å²) < 4.78 is 10.5. The second-order valence-electron chi connectivity index (χ2n) is 5.76. The third-order valence-electron chi connectivity index (χ3n) is 3.81. The molecule has 0 spiro atoms. The van der Waals surface area contributed by atoms with E-state index >= 15 is 0 Å². The predicted octanol–water partition coefficient (Wildman–Crippen LogP) is 3.03. The van der Waals surface area contributed by atoms with E-state index in [2.05, 4.69) is 32.9 Å². The fourth-order valence-corrected chi connectivity index (χ4v) is 1.88. The van der Waals surface area contributed by atoms with Crippen molar-refractivity contribution in [2.24, 2.45) is 5.73 Å². The first-order valence-electron chi connectivity index (χ1n) is 7.56. The van der Waals surface area contributed by atoms with Crippen molar-refractivity contribution >= 4 is 5.97 Å². The summed E-state index contributed by atoms with van der Waals surface area (Å²) in [6.45, 7) is 9.14. The second kappa shape index (κ2) is 8.03. The van der Waals surface area contributed by atoms with E-state index in [1.807, 2.05) is 12.1 Å². The molecule has 1 aromatic rings. The summed E-state index contributed by atoms with van der Waals surface area (Å²) in [5, 5.41) is 0. The van der Waals surface area contributed by atoms with Gasteiger partial charge in [-0.05, 0) is 36.5 Å². The van der Waals surface area contributed by atoms with Crippen LogP contribution < -0.4 is 10.5 Å². The van der Waals surface area contributed by atoms with Gasteiger partial charge in [-0.2, -0.15) is 0 Å². The zero-order valence-electron chi connectivity index (χ0n) is 13.5. The fraction of sp³-hybridized carbons (Fsp3) is 0.588. The lowest BCUT2D eigenvalue weighted by molar-refractivity contribution is -0.145. The Balaban J connectivity index is 2.45. The quantitative estimate of drug-likeness (QED) is 0.748. The van der Waals surface area contributed by atoms with Gasteiger partial charge in [-0.25, -0.2) is 0 Å². The molecule has 0 aliphatic carbocycles. The predicted molar refractivity (Wildman–Crippen MR) is 84.5 cm³/mol. The fourth-order valence-electron chi connectivity index (χ4n) is 1.88. The minimum Gasteiger partial charge on any atom is -0.494 e. The van der Waals surface area contributed by atoms with Gasteiger partial charge in [-0.1, -0.05) is 32.9 Å². The molecule has 0 aliphatic heterocycles. The molecule has 1 rings (SSSR count). The molecule has 0 amide bonds. The standard InChI is InChI=1S/C17H27NO3/c1-5-17(3,4)13-7-9-14(10-8-13)21-12-11-15(18)16(19)20-6-2/h7-10,15H,5-6,11-12,18H2,1-4H3. The monoisotopic (exact) mass is 293 g/mol. The van der Waals surface area contributed by atoms with Crippen LogP contribution >= 0.6 is 0 Å². The molecule has 0 aromatic heterocycles. The van der Waals surface area contributed by atoms with Crippen LogP contribution in [0.2, 0.25) is 0 Å². The highest BCUT2D eigenvalue weighted by Gasteiger charge is 2.18. The van der Waals surface area contributed by atoms with Crippen LogP contribution in [-0.4, -0.2) is 25.2 Å². The Hall–Kier alpha value is -1.55. The van der Waals surface area contributed by atoms with E-state index < -0.39 is 6.04 Å². The van der Waals surface area contributed by atoms with Crippen molar-refractivity contribution in [1.29, 1.82) is 0 Å². The van der Waals surface area contributed by atoms with E-state index in [-0.39, 0.29) is 11.4 Å². The van der Waals surface area contributed by atoms with Crippen molar-refractivity contribution in [1.82, 2.24) is 0 Å². The van der Waals surface area contributed by atoms with Crippen LogP contribution in [0, 0.1) is 0 Å². The van der Waals surface area contributed by atoms with Crippen molar-refractivity contribution in [2.45, 2.75) is 52.0 Å². The van der Waals surface area contributed by atoms with Crippen LogP contribution in [0.3, 0.4) is 0 Å². The van der Waals surface area contributed by atoms with E-state index in [9.17, 15) is 4.79 Å². The van der Waals surface area contributed by atoms with Gasteiger partial charge in [0.25, 0.3) is 0 Å². The van der Waals surface area contributed by atoms with E-state index in [1.165, 1.54) is 5.56 Å². The molecule has 0 aliphatic rings. The average Bonchev–Trinajstić information content (AvgIpc) is 2.48. The first-order chi connectivity index (χ1) is 9.90. The number of rotatable bonds is 8. The number of hydrogen-bond donors (Lipinski definition) is 1. The number of benzene rings is 1. The van der Waals surface area contributed by atoms with Gasteiger partial charge < -0.3 is 15.2 Å². The Morgan fingerprint density at radius 2 is 1.86 bits per heavy atom. The number of hydrogen-bond acceptors (Lipinski definition) is 4. The van der Waals surface area contributed by atoms with Gasteiger partial charge in [-0.15, -0.1) is 0 Å². The first kappa shape index (κ1) is 17.5. The van der Waals surface area contributed by atoms with Crippen molar-refractivity contribution in [3.05, 3.63) is 29.8 Å². The Morgan fingerprint density at radius 3 is 2.38 bits per heavy atom. The first-order valence-corrected chi connectivity index (χ1v) is 7.56. The maximum absolute atomic E-state index is 11.4. The van der Waals surface area contributed by atoms with Crippen molar-refractivity contribution < 1.29 is 14.3 Å². The third-order valence-corrected chi connectivity index (χ3v) is 3.81. The van der Waals surface area contributed by atoms with Gasteiger partial charge in [0.2, 0.25) is 0 Å². The molecule has 2 N–H and O–H groups in total. The number of carbonyl (C=O) groups is 1. The van der Waals surface area contributed by atoms with Gasteiger partial charge >= 0.3 is 5.97 Å². The summed E-state index contributed by atoms with van der Waals surface area (Å²) in [5.74, 6) is 0.419. The molecule has 1 unspecified atom stereocenters. The Morgan fingerprint density at radius 1 is 1.24 bits per heavy atom. The summed E-state index contributed by atoms with van der Waals surface area (Å²) >= 11 is 0. The van der Waals surface area contributed by atoms with Crippen LogP contribution in [0.1, 0.15) is 46.1 Å².